The van der Waals surface area contributed by atoms with Crippen LogP contribution in [0.4, 0.5) is 5.69 Å². The predicted octanol–water partition coefficient (Wildman–Crippen LogP) is 6.45. The van der Waals surface area contributed by atoms with Gasteiger partial charge in [-0.1, -0.05) is 81.6 Å². The number of carbonyl (C=O) groups is 2. The van der Waals surface area contributed by atoms with Crippen LogP contribution in [0.15, 0.2) is 88.9 Å². The summed E-state index contributed by atoms with van der Waals surface area (Å²) in [5.41, 5.74) is 3.87. The quantitative estimate of drug-likeness (QED) is 0.325. The van der Waals surface area contributed by atoms with Crippen LogP contribution in [0.3, 0.4) is 0 Å². The normalized spacial score (nSPS) is 16.0. The summed E-state index contributed by atoms with van der Waals surface area (Å²) >= 11 is 15.7. The zero-order chi connectivity index (χ0) is 25.8. The van der Waals surface area contributed by atoms with E-state index in [1.165, 1.54) is 4.90 Å². The zero-order valence-corrected chi connectivity index (χ0v) is 22.6. The Labute approximate surface area is 229 Å². The van der Waals surface area contributed by atoms with Crippen LogP contribution < -0.4 is 10.2 Å². The second-order valence-electron chi connectivity index (χ2n) is 8.48. The Morgan fingerprint density at radius 3 is 2.56 bits per heavy atom. The monoisotopic (exact) mass is 583 g/mol. The first-order chi connectivity index (χ1) is 17.3. The Morgan fingerprint density at radius 1 is 1.14 bits per heavy atom. The number of allylic oxidation sites excluding steroid dienone is 1. The summed E-state index contributed by atoms with van der Waals surface area (Å²) in [6.45, 7) is 3.80. The maximum Gasteiger partial charge on any atom is 0.272 e. The van der Waals surface area contributed by atoms with Gasteiger partial charge in [0.15, 0.2) is 0 Å². The molecule has 0 spiro atoms. The zero-order valence-electron chi connectivity index (χ0n) is 19.5. The minimum absolute atomic E-state index is 0.294. The lowest BCUT2D eigenvalue weighted by molar-refractivity contribution is -0.129. The van der Waals surface area contributed by atoms with Gasteiger partial charge in [-0.2, -0.15) is 0 Å². The fourth-order valence-corrected chi connectivity index (χ4v) is 4.73. The van der Waals surface area contributed by atoms with Crippen LogP contribution in [0.25, 0.3) is 0 Å². The molecule has 8 heteroatoms. The second-order valence-corrected chi connectivity index (χ2v) is 10.2. The molecular formula is C28H24BrCl2N3O2. The summed E-state index contributed by atoms with van der Waals surface area (Å²) in [4.78, 5) is 33.2. The number of nitrogens with zero attached hydrogens (tertiary/aromatic N) is 2. The van der Waals surface area contributed by atoms with Gasteiger partial charge in [0.1, 0.15) is 0 Å². The molecule has 3 aromatic rings. The summed E-state index contributed by atoms with van der Waals surface area (Å²) in [5, 5.41) is 3.76. The van der Waals surface area contributed by atoms with Crippen LogP contribution in [0.1, 0.15) is 23.1 Å². The summed E-state index contributed by atoms with van der Waals surface area (Å²) in [7, 11) is 1.69. The molecule has 3 aromatic carbocycles. The number of rotatable bonds is 7. The number of likely N-dealkylation sites (N-methyl/N-ethyl adjacent to an activating group) is 1. The van der Waals surface area contributed by atoms with E-state index < -0.39 is 12.1 Å². The molecule has 4 rings (SSSR count). The highest BCUT2D eigenvalue weighted by molar-refractivity contribution is 9.10. The van der Waals surface area contributed by atoms with Crippen molar-refractivity contribution in [2.24, 2.45) is 10.9 Å². The van der Waals surface area contributed by atoms with Gasteiger partial charge in [0.25, 0.3) is 5.91 Å². The van der Waals surface area contributed by atoms with E-state index in [4.69, 9.17) is 28.2 Å². The average Bonchev–Trinajstić information content (AvgIpc) is 2.97. The minimum Gasteiger partial charge on any atom is -0.326 e. The maximum atomic E-state index is 13.4. The van der Waals surface area contributed by atoms with Gasteiger partial charge >= 0.3 is 0 Å². The molecule has 1 aliphatic rings. The van der Waals surface area contributed by atoms with Gasteiger partial charge in [-0.25, -0.2) is 4.99 Å². The Bertz CT molecular complexity index is 1340. The maximum absolute atomic E-state index is 13.4. The third-order valence-corrected chi connectivity index (χ3v) is 7.30. The first-order valence-corrected chi connectivity index (χ1v) is 12.9. The van der Waals surface area contributed by atoms with Crippen molar-refractivity contribution in [2.75, 3.05) is 11.9 Å². The summed E-state index contributed by atoms with van der Waals surface area (Å²) in [6.07, 6.45) is 1.44. The number of anilines is 1. The molecule has 0 aromatic heterocycles. The molecule has 1 unspecified atom stereocenters. The molecule has 2 atom stereocenters. The summed E-state index contributed by atoms with van der Waals surface area (Å²) in [5.74, 6) is -1.08. The molecule has 2 amide bonds. The number of benzene rings is 3. The van der Waals surface area contributed by atoms with E-state index in [9.17, 15) is 9.59 Å². The van der Waals surface area contributed by atoms with Gasteiger partial charge in [0, 0.05) is 28.6 Å². The standard InChI is InChI=1S/C28H24BrCl2N3O2/c1-3-6-19(15-17-9-14-22(30)23(31)16-17)27(35)33-26-28(36)34(2)24-8-5-4-7-21(24)25(32-26)18-10-12-20(29)13-11-18/h3-5,7-14,16,19,26H,1,6,15H2,2H3,(H,33,35)/t19-,26?/m0/s1. The van der Waals surface area contributed by atoms with Crippen molar-refractivity contribution in [3.63, 3.8) is 0 Å². The molecule has 5 nitrogen and oxygen atoms in total. The minimum atomic E-state index is -1.09. The third kappa shape index (κ3) is 5.72. The van der Waals surface area contributed by atoms with E-state index in [1.807, 2.05) is 54.6 Å². The van der Waals surface area contributed by atoms with Crippen molar-refractivity contribution in [1.82, 2.24) is 5.32 Å². The number of hydrogen-bond acceptors (Lipinski definition) is 3. The van der Waals surface area contributed by atoms with Gasteiger partial charge in [-0.05, 0) is 48.7 Å². The molecular weight excluding hydrogens is 561 g/mol. The first kappa shape index (κ1) is 26.1. The first-order valence-electron chi connectivity index (χ1n) is 11.3. The molecule has 0 saturated heterocycles. The van der Waals surface area contributed by atoms with Crippen LogP contribution in [0, 0.1) is 5.92 Å². The molecule has 1 heterocycles. The van der Waals surface area contributed by atoms with E-state index in [0.717, 1.165) is 26.9 Å². The molecule has 1 N–H and O–H groups in total. The van der Waals surface area contributed by atoms with E-state index >= 15 is 0 Å². The summed E-state index contributed by atoms with van der Waals surface area (Å²) < 4.78 is 0.932. The molecule has 0 bridgehead atoms. The smallest absolute Gasteiger partial charge is 0.272 e. The number of para-hydroxylation sites is 1. The van der Waals surface area contributed by atoms with Crippen LogP contribution in [-0.2, 0) is 16.0 Å². The number of amides is 2. The molecule has 0 aliphatic carbocycles. The van der Waals surface area contributed by atoms with Crippen molar-refractivity contribution < 1.29 is 9.59 Å². The summed E-state index contributed by atoms with van der Waals surface area (Å²) in [6, 6.07) is 20.6. The SMILES string of the molecule is C=CC[C@@H](Cc1ccc(Cl)c(Cl)c1)C(=O)NC1N=C(c2ccc(Br)cc2)c2ccccc2N(C)C1=O. The van der Waals surface area contributed by atoms with Crippen molar-refractivity contribution in [1.29, 1.82) is 0 Å². The number of nitrogens with one attached hydrogen (secondary N) is 1. The number of hydrogen-bond donors (Lipinski definition) is 1. The number of aliphatic imine (C=N–C) groups is 1. The topological polar surface area (TPSA) is 61.8 Å². The lowest BCUT2D eigenvalue weighted by Crippen LogP contribution is -2.48. The highest BCUT2D eigenvalue weighted by atomic mass is 79.9. The van der Waals surface area contributed by atoms with Crippen molar-refractivity contribution in [3.8, 4) is 0 Å². The Balaban J connectivity index is 1.68. The molecule has 184 valence electrons. The fourth-order valence-electron chi connectivity index (χ4n) is 4.14. The highest BCUT2D eigenvalue weighted by Gasteiger charge is 2.32. The fraction of sp³-hybridized carbons (Fsp3) is 0.179. The lowest BCUT2D eigenvalue weighted by Gasteiger charge is -2.23. The predicted molar refractivity (Wildman–Crippen MR) is 150 cm³/mol. The second kappa shape index (κ2) is 11.4. The van der Waals surface area contributed by atoms with Crippen molar-refractivity contribution in [2.45, 2.75) is 19.0 Å². The number of benzodiazepines with no additional fused rings is 1. The lowest BCUT2D eigenvalue weighted by atomic mass is 9.95. The third-order valence-electron chi connectivity index (χ3n) is 6.03. The molecule has 0 radical (unpaired) electrons. The highest BCUT2D eigenvalue weighted by Crippen LogP contribution is 2.28. The van der Waals surface area contributed by atoms with Gasteiger partial charge in [0.05, 0.1) is 21.4 Å². The Morgan fingerprint density at radius 2 is 1.86 bits per heavy atom. The average molecular weight is 585 g/mol. The van der Waals surface area contributed by atoms with E-state index in [0.29, 0.717) is 28.6 Å². The van der Waals surface area contributed by atoms with Gasteiger partial charge in [-0.15, -0.1) is 6.58 Å². The van der Waals surface area contributed by atoms with E-state index in [2.05, 4.69) is 27.8 Å². The number of fused-ring (bicyclic) bond motifs is 1. The van der Waals surface area contributed by atoms with Crippen LogP contribution in [0.2, 0.25) is 10.0 Å². The van der Waals surface area contributed by atoms with Gasteiger partial charge in [0.2, 0.25) is 12.1 Å². The number of halogens is 3. The van der Waals surface area contributed by atoms with Crippen molar-refractivity contribution in [3.05, 3.63) is 111 Å². The van der Waals surface area contributed by atoms with Gasteiger partial charge in [-0.3, -0.25) is 9.59 Å². The molecule has 1 aliphatic heterocycles. The largest absolute Gasteiger partial charge is 0.326 e. The van der Waals surface area contributed by atoms with Crippen LogP contribution in [-0.4, -0.2) is 30.7 Å². The Hall–Kier alpha value is -2.93. The number of carbonyl (C=O) groups excluding carboxylic acids is 2. The van der Waals surface area contributed by atoms with E-state index in [-0.39, 0.29) is 11.8 Å². The van der Waals surface area contributed by atoms with E-state index in [1.54, 1.807) is 25.3 Å². The molecule has 0 saturated carbocycles. The molecule has 0 fully saturated rings. The van der Waals surface area contributed by atoms with Crippen LogP contribution >= 0.6 is 39.1 Å². The Kier molecular flexibility index (Phi) is 8.29. The van der Waals surface area contributed by atoms with Crippen molar-refractivity contribution >= 4 is 62.3 Å². The van der Waals surface area contributed by atoms with Crippen LogP contribution in [0.5, 0.6) is 0 Å². The van der Waals surface area contributed by atoms with Gasteiger partial charge < -0.3 is 10.2 Å². The molecule has 36 heavy (non-hydrogen) atoms.